The zero-order chi connectivity index (χ0) is 15.1. The summed E-state index contributed by atoms with van der Waals surface area (Å²) < 4.78 is 43.9. The summed E-state index contributed by atoms with van der Waals surface area (Å²) >= 11 is 0. The monoisotopic (exact) mass is 290 g/mol. The van der Waals surface area contributed by atoms with Crippen LogP contribution in [0.1, 0.15) is 22.8 Å². The van der Waals surface area contributed by atoms with Gasteiger partial charge in [0.05, 0.1) is 10.6 Å². The van der Waals surface area contributed by atoms with Crippen molar-refractivity contribution in [2.75, 3.05) is 0 Å². The van der Waals surface area contributed by atoms with Crippen LogP contribution in [0.25, 0.3) is 0 Å². The number of nitrogens with zero attached hydrogens (tertiary/aromatic N) is 4. The molecular formula is C10H9F3N4O3. The molecule has 2 aromatic rings. The van der Waals surface area contributed by atoms with Gasteiger partial charge in [0.1, 0.15) is 12.2 Å². The minimum absolute atomic E-state index is 0.163. The van der Waals surface area contributed by atoms with Gasteiger partial charge in [0.2, 0.25) is 5.69 Å². The predicted octanol–water partition coefficient (Wildman–Crippen LogP) is 2.46. The normalized spacial score (nSPS) is 11.8. The molecule has 0 unspecified atom stereocenters. The summed E-state index contributed by atoms with van der Waals surface area (Å²) in [6.07, 6.45) is -4.89. The Bertz CT molecular complexity index is 659. The maximum absolute atomic E-state index is 12.7. The van der Waals surface area contributed by atoms with Crippen LogP contribution in [0.15, 0.2) is 10.6 Å². The summed E-state index contributed by atoms with van der Waals surface area (Å²) in [5.41, 5.74) is -2.21. The van der Waals surface area contributed by atoms with Crippen LogP contribution in [0.4, 0.5) is 18.9 Å². The van der Waals surface area contributed by atoms with Crippen molar-refractivity contribution >= 4 is 5.69 Å². The number of alkyl halides is 3. The van der Waals surface area contributed by atoms with Crippen LogP contribution in [0.3, 0.4) is 0 Å². The lowest BCUT2D eigenvalue weighted by Crippen LogP contribution is -2.10. The standard InChI is InChI=1S/C10H9F3N4O3/c1-5-3-7(20-15-5)4-16-6(2)8(17(18)19)9(14-16)10(11,12)13/h3H,4H2,1-2H3. The first-order valence-electron chi connectivity index (χ1n) is 5.41. The molecule has 20 heavy (non-hydrogen) atoms. The Morgan fingerprint density at radius 1 is 1.45 bits per heavy atom. The van der Waals surface area contributed by atoms with Gasteiger partial charge in [-0.3, -0.25) is 14.8 Å². The summed E-state index contributed by atoms with van der Waals surface area (Å²) in [6, 6.07) is 1.51. The fourth-order valence-electron chi connectivity index (χ4n) is 1.74. The molecule has 0 aromatic carbocycles. The molecule has 0 radical (unpaired) electrons. The number of rotatable bonds is 3. The third-order valence-corrected chi connectivity index (χ3v) is 2.61. The van der Waals surface area contributed by atoms with Gasteiger partial charge in [-0.25, -0.2) is 0 Å². The highest BCUT2D eigenvalue weighted by Crippen LogP contribution is 2.37. The first-order valence-corrected chi connectivity index (χ1v) is 5.41. The zero-order valence-corrected chi connectivity index (χ0v) is 10.4. The summed E-state index contributed by atoms with van der Waals surface area (Å²) in [7, 11) is 0. The summed E-state index contributed by atoms with van der Waals surface area (Å²) in [5, 5.41) is 17.6. The van der Waals surface area contributed by atoms with Crippen LogP contribution in [0, 0.1) is 24.0 Å². The highest BCUT2D eigenvalue weighted by molar-refractivity contribution is 5.42. The van der Waals surface area contributed by atoms with Crippen LogP contribution in [-0.4, -0.2) is 19.9 Å². The molecule has 10 heteroatoms. The molecule has 0 amide bonds. The van der Waals surface area contributed by atoms with Crippen molar-refractivity contribution in [2.45, 2.75) is 26.6 Å². The van der Waals surface area contributed by atoms with Crippen LogP contribution in [0.5, 0.6) is 0 Å². The lowest BCUT2D eigenvalue weighted by Gasteiger charge is -2.00. The number of aryl methyl sites for hydroxylation is 1. The van der Waals surface area contributed by atoms with E-state index < -0.39 is 22.5 Å². The van der Waals surface area contributed by atoms with E-state index in [1.807, 2.05) is 0 Å². The van der Waals surface area contributed by atoms with Gasteiger partial charge in [-0.15, -0.1) is 0 Å². The average Bonchev–Trinajstić information content (AvgIpc) is 2.84. The molecule has 7 nitrogen and oxygen atoms in total. The Labute approximate surface area is 110 Å². The highest BCUT2D eigenvalue weighted by atomic mass is 19.4. The quantitative estimate of drug-likeness (QED) is 0.640. The number of nitro groups is 1. The topological polar surface area (TPSA) is 87.0 Å². The van der Waals surface area contributed by atoms with Crippen LogP contribution in [-0.2, 0) is 12.7 Å². The second-order valence-electron chi connectivity index (χ2n) is 4.13. The molecule has 2 rings (SSSR count). The van der Waals surface area contributed by atoms with E-state index in [0.717, 1.165) is 4.68 Å². The Hall–Kier alpha value is -2.39. The average molecular weight is 290 g/mol. The van der Waals surface area contributed by atoms with E-state index in [9.17, 15) is 23.3 Å². The SMILES string of the molecule is Cc1cc(Cn2nc(C(F)(F)F)c([N+](=O)[O-])c2C)on1. The zero-order valence-electron chi connectivity index (χ0n) is 10.4. The first kappa shape index (κ1) is 14.0. The minimum Gasteiger partial charge on any atom is -0.359 e. The van der Waals surface area contributed by atoms with Crippen molar-refractivity contribution in [3.05, 3.63) is 39.0 Å². The van der Waals surface area contributed by atoms with Crippen LogP contribution >= 0.6 is 0 Å². The molecule has 0 fully saturated rings. The summed E-state index contributed by atoms with van der Waals surface area (Å²) in [6.45, 7) is 2.68. The van der Waals surface area contributed by atoms with Crippen LogP contribution < -0.4 is 0 Å². The van der Waals surface area contributed by atoms with Gasteiger partial charge in [-0.05, 0) is 13.8 Å². The van der Waals surface area contributed by atoms with Crippen molar-refractivity contribution in [2.24, 2.45) is 0 Å². The van der Waals surface area contributed by atoms with Crippen molar-refractivity contribution in [3.8, 4) is 0 Å². The van der Waals surface area contributed by atoms with E-state index in [2.05, 4.69) is 10.3 Å². The molecule has 2 heterocycles. The van der Waals surface area contributed by atoms with Gasteiger partial charge in [-0.1, -0.05) is 5.16 Å². The number of hydrogen-bond donors (Lipinski definition) is 0. The van der Waals surface area contributed by atoms with Gasteiger partial charge in [-0.2, -0.15) is 18.3 Å². The van der Waals surface area contributed by atoms with Gasteiger partial charge in [0, 0.05) is 6.07 Å². The lowest BCUT2D eigenvalue weighted by atomic mass is 10.3. The van der Waals surface area contributed by atoms with E-state index in [0.29, 0.717) is 5.69 Å². The molecule has 0 aliphatic heterocycles. The molecule has 2 aromatic heterocycles. The van der Waals surface area contributed by atoms with Gasteiger partial charge in [0.25, 0.3) is 0 Å². The summed E-state index contributed by atoms with van der Waals surface area (Å²) in [5.74, 6) is 0.261. The van der Waals surface area contributed by atoms with Gasteiger partial charge < -0.3 is 4.52 Å². The second kappa shape index (κ2) is 4.62. The Balaban J connectivity index is 2.47. The Morgan fingerprint density at radius 3 is 2.50 bits per heavy atom. The van der Waals surface area contributed by atoms with Crippen molar-refractivity contribution in [1.29, 1.82) is 0 Å². The number of aromatic nitrogens is 3. The number of halogens is 3. The van der Waals surface area contributed by atoms with Gasteiger partial charge in [0.15, 0.2) is 5.76 Å². The Morgan fingerprint density at radius 2 is 2.10 bits per heavy atom. The minimum atomic E-state index is -4.89. The van der Waals surface area contributed by atoms with Gasteiger partial charge >= 0.3 is 11.9 Å². The molecular weight excluding hydrogens is 281 g/mol. The smallest absolute Gasteiger partial charge is 0.359 e. The van der Waals surface area contributed by atoms with E-state index in [-0.39, 0.29) is 18.0 Å². The maximum Gasteiger partial charge on any atom is 0.442 e. The molecule has 0 N–H and O–H groups in total. The molecule has 0 saturated carbocycles. The van der Waals surface area contributed by atoms with Crippen LogP contribution in [0.2, 0.25) is 0 Å². The van der Waals surface area contributed by atoms with Crippen molar-refractivity contribution in [1.82, 2.24) is 14.9 Å². The molecule has 108 valence electrons. The maximum atomic E-state index is 12.7. The number of hydrogen-bond acceptors (Lipinski definition) is 5. The predicted molar refractivity (Wildman–Crippen MR) is 59.0 cm³/mol. The third-order valence-electron chi connectivity index (χ3n) is 2.61. The largest absolute Gasteiger partial charge is 0.442 e. The van der Waals surface area contributed by atoms with Crippen molar-refractivity contribution < 1.29 is 22.6 Å². The fraction of sp³-hybridized carbons (Fsp3) is 0.400. The summed E-state index contributed by atoms with van der Waals surface area (Å²) in [4.78, 5) is 9.69. The van der Waals surface area contributed by atoms with E-state index in [4.69, 9.17) is 4.52 Å². The van der Waals surface area contributed by atoms with E-state index in [1.54, 1.807) is 6.92 Å². The molecule has 0 spiro atoms. The molecule has 0 aliphatic rings. The van der Waals surface area contributed by atoms with E-state index in [1.165, 1.54) is 13.0 Å². The Kier molecular flexibility index (Phi) is 3.24. The lowest BCUT2D eigenvalue weighted by molar-refractivity contribution is -0.388. The molecule has 0 aliphatic carbocycles. The fourth-order valence-corrected chi connectivity index (χ4v) is 1.74. The second-order valence-corrected chi connectivity index (χ2v) is 4.13. The molecule has 0 bridgehead atoms. The van der Waals surface area contributed by atoms with Crippen molar-refractivity contribution in [3.63, 3.8) is 0 Å². The molecule has 0 atom stereocenters. The molecule has 0 saturated heterocycles. The first-order chi connectivity index (χ1) is 9.20. The third kappa shape index (κ3) is 2.49. The highest BCUT2D eigenvalue weighted by Gasteiger charge is 2.44. The van der Waals surface area contributed by atoms with E-state index >= 15 is 0 Å².